The maximum absolute atomic E-state index is 5.60. The summed E-state index contributed by atoms with van der Waals surface area (Å²) in [6.45, 7) is 4.39. The van der Waals surface area contributed by atoms with Crippen LogP contribution in [0.3, 0.4) is 0 Å². The summed E-state index contributed by atoms with van der Waals surface area (Å²) in [7, 11) is 0. The van der Waals surface area contributed by atoms with Gasteiger partial charge in [0.15, 0.2) is 0 Å². The Morgan fingerprint density at radius 2 is 1.82 bits per heavy atom. The molecule has 0 aromatic heterocycles. The molecule has 0 bridgehead atoms. The first-order valence-corrected chi connectivity index (χ1v) is 7.57. The minimum atomic E-state index is 0.374. The maximum atomic E-state index is 5.60. The van der Waals surface area contributed by atoms with E-state index in [-0.39, 0.29) is 0 Å². The molecule has 1 aromatic carbocycles. The van der Waals surface area contributed by atoms with Gasteiger partial charge in [0, 0.05) is 11.8 Å². The van der Waals surface area contributed by atoms with E-state index in [2.05, 4.69) is 43.5 Å². The quantitative estimate of drug-likeness (QED) is 0.424. The van der Waals surface area contributed by atoms with Crippen LogP contribution in [0.25, 0.3) is 0 Å². The standard InChI is InChI=1S/C14H24N2S/c1-3-9-17-11-14(16-15)10-13-7-5-12(4-2)6-8-13/h5-8,14,16H,3-4,9-11,15H2,1-2H3. The highest BCUT2D eigenvalue weighted by atomic mass is 32.2. The Morgan fingerprint density at radius 1 is 1.18 bits per heavy atom. The van der Waals surface area contributed by atoms with Gasteiger partial charge in [-0.15, -0.1) is 0 Å². The van der Waals surface area contributed by atoms with Crippen molar-refractivity contribution in [3.8, 4) is 0 Å². The minimum absolute atomic E-state index is 0.374. The summed E-state index contributed by atoms with van der Waals surface area (Å²) in [6, 6.07) is 9.23. The highest BCUT2D eigenvalue weighted by molar-refractivity contribution is 7.99. The van der Waals surface area contributed by atoms with Gasteiger partial charge < -0.3 is 0 Å². The van der Waals surface area contributed by atoms with Crippen LogP contribution in [0.1, 0.15) is 31.4 Å². The third-order valence-corrected chi connectivity index (χ3v) is 4.15. The molecule has 1 unspecified atom stereocenters. The normalized spacial score (nSPS) is 12.6. The molecule has 3 heteroatoms. The molecule has 96 valence electrons. The zero-order chi connectivity index (χ0) is 12.5. The zero-order valence-corrected chi connectivity index (χ0v) is 11.7. The van der Waals surface area contributed by atoms with Crippen LogP contribution in [0, 0.1) is 0 Å². The number of hydrogen-bond donors (Lipinski definition) is 2. The van der Waals surface area contributed by atoms with Crippen LogP contribution >= 0.6 is 11.8 Å². The number of nitrogens with one attached hydrogen (secondary N) is 1. The fraction of sp³-hybridized carbons (Fsp3) is 0.571. The molecule has 1 aromatic rings. The fourth-order valence-electron chi connectivity index (χ4n) is 1.73. The van der Waals surface area contributed by atoms with Crippen molar-refractivity contribution in [2.45, 2.75) is 39.2 Å². The van der Waals surface area contributed by atoms with E-state index in [1.54, 1.807) is 0 Å². The molecule has 0 radical (unpaired) electrons. The van der Waals surface area contributed by atoms with Crippen molar-refractivity contribution in [3.05, 3.63) is 35.4 Å². The molecule has 1 rings (SSSR count). The minimum Gasteiger partial charge on any atom is -0.271 e. The Kier molecular flexibility index (Phi) is 7.33. The molecule has 3 N–H and O–H groups in total. The Bertz CT molecular complexity index is 298. The van der Waals surface area contributed by atoms with Crippen molar-refractivity contribution in [1.29, 1.82) is 0 Å². The summed E-state index contributed by atoms with van der Waals surface area (Å²) in [5, 5.41) is 0. The molecule has 1 atom stereocenters. The van der Waals surface area contributed by atoms with Crippen LogP contribution in [-0.4, -0.2) is 17.5 Å². The number of benzene rings is 1. The highest BCUT2D eigenvalue weighted by Crippen LogP contribution is 2.11. The van der Waals surface area contributed by atoms with Crippen LogP contribution in [0.4, 0.5) is 0 Å². The molecule has 0 aliphatic heterocycles. The van der Waals surface area contributed by atoms with Gasteiger partial charge in [0.1, 0.15) is 0 Å². The Labute approximate surface area is 109 Å². The lowest BCUT2D eigenvalue weighted by Crippen LogP contribution is -2.38. The molecule has 0 amide bonds. The van der Waals surface area contributed by atoms with Crippen LogP contribution in [-0.2, 0) is 12.8 Å². The van der Waals surface area contributed by atoms with E-state index in [0.717, 1.165) is 18.6 Å². The van der Waals surface area contributed by atoms with Crippen LogP contribution < -0.4 is 11.3 Å². The smallest absolute Gasteiger partial charge is 0.0341 e. The van der Waals surface area contributed by atoms with Crippen molar-refractivity contribution in [3.63, 3.8) is 0 Å². The van der Waals surface area contributed by atoms with Gasteiger partial charge in [-0.2, -0.15) is 11.8 Å². The molecule has 0 saturated heterocycles. The molecular weight excluding hydrogens is 228 g/mol. The number of thioether (sulfide) groups is 1. The average molecular weight is 252 g/mol. The van der Waals surface area contributed by atoms with Gasteiger partial charge in [0.05, 0.1) is 0 Å². The lowest BCUT2D eigenvalue weighted by molar-refractivity contribution is 0.575. The second-order valence-electron chi connectivity index (χ2n) is 4.31. The monoisotopic (exact) mass is 252 g/mol. The first-order valence-electron chi connectivity index (χ1n) is 6.41. The summed E-state index contributed by atoms with van der Waals surface area (Å²) in [4.78, 5) is 0. The second kappa shape index (κ2) is 8.56. The zero-order valence-electron chi connectivity index (χ0n) is 10.9. The van der Waals surface area contributed by atoms with Gasteiger partial charge in [0.25, 0.3) is 0 Å². The molecule has 2 nitrogen and oxygen atoms in total. The second-order valence-corrected chi connectivity index (χ2v) is 5.46. The van der Waals surface area contributed by atoms with E-state index in [9.17, 15) is 0 Å². The fourth-order valence-corrected chi connectivity index (χ4v) is 2.69. The van der Waals surface area contributed by atoms with Crippen molar-refractivity contribution < 1.29 is 0 Å². The molecule has 0 fully saturated rings. The number of nitrogens with two attached hydrogens (primary N) is 1. The molecule has 0 spiro atoms. The first kappa shape index (κ1) is 14.6. The van der Waals surface area contributed by atoms with Crippen molar-refractivity contribution in [2.24, 2.45) is 5.84 Å². The molecule has 0 heterocycles. The van der Waals surface area contributed by atoms with Crippen molar-refractivity contribution in [1.82, 2.24) is 5.43 Å². The molecule has 0 aliphatic rings. The third kappa shape index (κ3) is 5.57. The van der Waals surface area contributed by atoms with Crippen LogP contribution in [0.2, 0.25) is 0 Å². The lowest BCUT2D eigenvalue weighted by atomic mass is 10.0. The van der Waals surface area contributed by atoms with E-state index >= 15 is 0 Å². The number of aryl methyl sites for hydroxylation is 1. The Morgan fingerprint density at radius 3 is 2.35 bits per heavy atom. The molecule has 17 heavy (non-hydrogen) atoms. The van der Waals surface area contributed by atoms with Gasteiger partial charge in [-0.25, -0.2) is 0 Å². The lowest BCUT2D eigenvalue weighted by Gasteiger charge is -2.15. The van der Waals surface area contributed by atoms with Gasteiger partial charge in [-0.05, 0) is 36.1 Å². The highest BCUT2D eigenvalue weighted by Gasteiger charge is 2.07. The largest absolute Gasteiger partial charge is 0.271 e. The number of rotatable bonds is 8. The first-order chi connectivity index (χ1) is 8.30. The predicted molar refractivity (Wildman–Crippen MR) is 78.3 cm³/mol. The van der Waals surface area contributed by atoms with E-state index in [4.69, 9.17) is 5.84 Å². The third-order valence-electron chi connectivity index (χ3n) is 2.82. The van der Waals surface area contributed by atoms with E-state index in [1.165, 1.54) is 23.3 Å². The Hall–Kier alpha value is -0.510. The number of hydrogen-bond acceptors (Lipinski definition) is 3. The molecule has 0 aliphatic carbocycles. The van der Waals surface area contributed by atoms with E-state index in [1.807, 2.05) is 11.8 Å². The summed E-state index contributed by atoms with van der Waals surface area (Å²) in [5.41, 5.74) is 5.68. The maximum Gasteiger partial charge on any atom is 0.0341 e. The number of hydrazine groups is 1. The predicted octanol–water partition coefficient (Wildman–Crippen LogP) is 2.77. The van der Waals surface area contributed by atoms with Crippen molar-refractivity contribution in [2.75, 3.05) is 11.5 Å². The summed E-state index contributed by atoms with van der Waals surface area (Å²) in [6.07, 6.45) is 3.34. The summed E-state index contributed by atoms with van der Waals surface area (Å²) < 4.78 is 0. The molecule has 0 saturated carbocycles. The topological polar surface area (TPSA) is 38.0 Å². The summed E-state index contributed by atoms with van der Waals surface area (Å²) in [5.74, 6) is 7.89. The van der Waals surface area contributed by atoms with Gasteiger partial charge in [0.2, 0.25) is 0 Å². The van der Waals surface area contributed by atoms with E-state index in [0.29, 0.717) is 6.04 Å². The van der Waals surface area contributed by atoms with Crippen LogP contribution in [0.15, 0.2) is 24.3 Å². The SMILES string of the molecule is CCCSCC(Cc1ccc(CC)cc1)NN. The molecular formula is C14H24N2S. The van der Waals surface area contributed by atoms with Crippen molar-refractivity contribution >= 4 is 11.8 Å². The summed E-state index contributed by atoms with van der Waals surface area (Å²) >= 11 is 1.97. The van der Waals surface area contributed by atoms with Gasteiger partial charge in [-0.3, -0.25) is 11.3 Å². The van der Waals surface area contributed by atoms with Crippen LogP contribution in [0.5, 0.6) is 0 Å². The average Bonchev–Trinajstić information content (AvgIpc) is 2.38. The van der Waals surface area contributed by atoms with Gasteiger partial charge in [-0.1, -0.05) is 38.1 Å². The Balaban J connectivity index is 2.43. The van der Waals surface area contributed by atoms with Gasteiger partial charge >= 0.3 is 0 Å². The van der Waals surface area contributed by atoms with E-state index < -0.39 is 0 Å².